The van der Waals surface area contributed by atoms with Crippen LogP contribution < -0.4 is 10.1 Å². The summed E-state index contributed by atoms with van der Waals surface area (Å²) in [5.74, 6) is 1.52. The molecule has 1 aromatic rings. The average Bonchev–Trinajstić information content (AvgIpc) is 2.36. The maximum Gasteiger partial charge on any atom is 0.296 e. The van der Waals surface area contributed by atoms with E-state index in [0.29, 0.717) is 11.4 Å². The Morgan fingerprint density at radius 1 is 1.56 bits per heavy atom. The molecule has 0 bridgehead atoms. The lowest BCUT2D eigenvalue weighted by molar-refractivity contribution is -0.384. The predicted octanol–water partition coefficient (Wildman–Crippen LogP) is 3.16. The molecule has 0 saturated carbocycles. The molecule has 0 aliphatic carbocycles. The van der Waals surface area contributed by atoms with Crippen LogP contribution >= 0.6 is 11.8 Å². The Hall–Kier alpha value is -1.43. The highest BCUT2D eigenvalue weighted by Crippen LogP contribution is 2.29. The smallest absolute Gasteiger partial charge is 0.296 e. The molecule has 1 unspecified atom stereocenters. The summed E-state index contributed by atoms with van der Waals surface area (Å²) < 4.78 is 4.99. The summed E-state index contributed by atoms with van der Waals surface area (Å²) in [4.78, 5) is 10.6. The number of rotatable bonds is 7. The van der Waals surface area contributed by atoms with E-state index < -0.39 is 4.92 Å². The first-order valence-electron chi connectivity index (χ1n) is 5.66. The van der Waals surface area contributed by atoms with Gasteiger partial charge in [0.2, 0.25) is 0 Å². The number of hydrogen-bond acceptors (Lipinski definition) is 5. The molecule has 0 saturated heterocycles. The van der Waals surface area contributed by atoms with Gasteiger partial charge in [-0.2, -0.15) is 11.8 Å². The van der Waals surface area contributed by atoms with Crippen LogP contribution in [0.1, 0.15) is 13.3 Å². The van der Waals surface area contributed by atoms with Gasteiger partial charge in [0, 0.05) is 6.04 Å². The molecule has 18 heavy (non-hydrogen) atoms. The second-order valence-corrected chi connectivity index (χ2v) is 4.95. The molecular weight excluding hydrogens is 252 g/mol. The molecule has 0 spiro atoms. The van der Waals surface area contributed by atoms with E-state index in [1.54, 1.807) is 23.9 Å². The van der Waals surface area contributed by atoms with Gasteiger partial charge in [0.15, 0.2) is 0 Å². The van der Waals surface area contributed by atoms with E-state index in [0.717, 1.165) is 12.2 Å². The van der Waals surface area contributed by atoms with E-state index in [9.17, 15) is 10.1 Å². The van der Waals surface area contributed by atoms with E-state index in [1.807, 2.05) is 13.2 Å². The van der Waals surface area contributed by atoms with Gasteiger partial charge in [-0.05, 0) is 37.5 Å². The van der Waals surface area contributed by atoms with Crippen LogP contribution in [0.3, 0.4) is 0 Å². The van der Waals surface area contributed by atoms with Crippen LogP contribution in [-0.2, 0) is 0 Å². The number of thioether (sulfide) groups is 1. The zero-order chi connectivity index (χ0) is 13.5. The van der Waals surface area contributed by atoms with E-state index in [2.05, 4.69) is 5.32 Å². The number of benzene rings is 1. The number of ether oxygens (including phenoxy) is 1. The average molecular weight is 270 g/mol. The minimum Gasteiger partial charge on any atom is -0.496 e. The number of methoxy groups -OCH3 is 1. The van der Waals surface area contributed by atoms with Crippen LogP contribution in [0.2, 0.25) is 0 Å². The summed E-state index contributed by atoms with van der Waals surface area (Å²) in [5, 5.41) is 14.2. The van der Waals surface area contributed by atoms with Gasteiger partial charge in [0.05, 0.1) is 18.1 Å². The van der Waals surface area contributed by atoms with Crippen LogP contribution in [0.5, 0.6) is 5.75 Å². The third-order valence-corrected chi connectivity index (χ3v) is 3.20. The van der Waals surface area contributed by atoms with Gasteiger partial charge in [0.1, 0.15) is 11.4 Å². The Morgan fingerprint density at radius 3 is 2.83 bits per heavy atom. The number of hydrogen-bond donors (Lipinski definition) is 1. The fourth-order valence-electron chi connectivity index (χ4n) is 1.54. The lowest BCUT2D eigenvalue weighted by atomic mass is 10.2. The molecule has 0 aliphatic heterocycles. The number of nitro benzene ring substituents is 1. The Kier molecular flexibility index (Phi) is 5.77. The molecule has 1 rings (SSSR count). The molecule has 1 atom stereocenters. The zero-order valence-electron chi connectivity index (χ0n) is 10.8. The van der Waals surface area contributed by atoms with Crippen molar-refractivity contribution in [2.24, 2.45) is 0 Å². The number of nitrogens with zero attached hydrogens (tertiary/aromatic N) is 1. The lowest BCUT2D eigenvalue weighted by Gasteiger charge is -2.15. The minimum absolute atomic E-state index is 0.0466. The normalized spacial score (nSPS) is 11.9. The second-order valence-electron chi connectivity index (χ2n) is 3.97. The van der Waals surface area contributed by atoms with Crippen molar-refractivity contribution in [3.63, 3.8) is 0 Å². The van der Waals surface area contributed by atoms with Crippen molar-refractivity contribution in [2.75, 3.05) is 24.4 Å². The summed E-state index contributed by atoms with van der Waals surface area (Å²) in [6, 6.07) is 5.04. The fraction of sp³-hybridized carbons (Fsp3) is 0.500. The van der Waals surface area contributed by atoms with Crippen molar-refractivity contribution in [1.29, 1.82) is 0 Å². The zero-order valence-corrected chi connectivity index (χ0v) is 11.6. The standard InChI is InChI=1S/C12H18N2O3S/c1-9(6-7-18-3)13-11-5-4-10(17-2)8-12(11)14(15)16/h4-5,8-9,13H,6-7H2,1-3H3. The van der Waals surface area contributed by atoms with Crippen molar-refractivity contribution in [3.8, 4) is 5.75 Å². The summed E-state index contributed by atoms with van der Waals surface area (Å²) in [5.41, 5.74) is 0.583. The lowest BCUT2D eigenvalue weighted by Crippen LogP contribution is -2.16. The molecule has 6 heteroatoms. The van der Waals surface area contributed by atoms with Gasteiger partial charge in [-0.25, -0.2) is 0 Å². The van der Waals surface area contributed by atoms with E-state index in [4.69, 9.17) is 4.74 Å². The Labute approximate surface area is 111 Å². The molecule has 0 amide bonds. The summed E-state index contributed by atoms with van der Waals surface area (Å²) in [6.07, 6.45) is 3.01. The van der Waals surface area contributed by atoms with Crippen molar-refractivity contribution >= 4 is 23.1 Å². The quantitative estimate of drug-likeness (QED) is 0.609. The molecule has 100 valence electrons. The first-order valence-corrected chi connectivity index (χ1v) is 7.05. The Balaban J connectivity index is 2.84. The number of nitrogens with one attached hydrogen (secondary N) is 1. The van der Waals surface area contributed by atoms with Gasteiger partial charge in [-0.15, -0.1) is 0 Å². The third kappa shape index (κ3) is 4.10. The third-order valence-electron chi connectivity index (χ3n) is 2.56. The molecular formula is C12H18N2O3S. The summed E-state index contributed by atoms with van der Waals surface area (Å²) in [7, 11) is 1.49. The van der Waals surface area contributed by atoms with Gasteiger partial charge in [0.25, 0.3) is 5.69 Å². The van der Waals surface area contributed by atoms with Gasteiger partial charge >= 0.3 is 0 Å². The molecule has 0 radical (unpaired) electrons. The van der Waals surface area contributed by atoms with Crippen LogP contribution in [0.4, 0.5) is 11.4 Å². The maximum absolute atomic E-state index is 11.0. The van der Waals surface area contributed by atoms with Gasteiger partial charge in [-0.1, -0.05) is 0 Å². The Morgan fingerprint density at radius 2 is 2.28 bits per heavy atom. The van der Waals surface area contributed by atoms with E-state index in [1.165, 1.54) is 13.2 Å². The fourth-order valence-corrected chi connectivity index (χ4v) is 2.13. The molecule has 0 heterocycles. The minimum atomic E-state index is -0.397. The van der Waals surface area contributed by atoms with Gasteiger partial charge in [-0.3, -0.25) is 10.1 Å². The molecule has 5 nitrogen and oxygen atoms in total. The number of nitro groups is 1. The molecule has 1 aromatic carbocycles. The molecule has 0 aromatic heterocycles. The van der Waals surface area contributed by atoms with Crippen LogP contribution in [0.15, 0.2) is 18.2 Å². The van der Waals surface area contributed by atoms with Crippen molar-refractivity contribution in [2.45, 2.75) is 19.4 Å². The monoisotopic (exact) mass is 270 g/mol. The largest absolute Gasteiger partial charge is 0.496 e. The second kappa shape index (κ2) is 7.10. The summed E-state index contributed by atoms with van der Waals surface area (Å²) >= 11 is 1.76. The predicted molar refractivity (Wildman–Crippen MR) is 75.7 cm³/mol. The molecule has 0 fully saturated rings. The number of anilines is 1. The topological polar surface area (TPSA) is 64.4 Å². The molecule has 1 N–H and O–H groups in total. The van der Waals surface area contributed by atoms with Gasteiger partial charge < -0.3 is 10.1 Å². The van der Waals surface area contributed by atoms with E-state index in [-0.39, 0.29) is 11.7 Å². The highest BCUT2D eigenvalue weighted by atomic mass is 32.2. The van der Waals surface area contributed by atoms with Crippen LogP contribution in [0.25, 0.3) is 0 Å². The molecule has 0 aliphatic rings. The Bertz CT molecular complexity index is 412. The SMILES string of the molecule is COc1ccc(NC(C)CCSC)c([N+](=O)[O-])c1. The van der Waals surface area contributed by atoms with Crippen molar-refractivity contribution in [1.82, 2.24) is 0 Å². The van der Waals surface area contributed by atoms with E-state index >= 15 is 0 Å². The van der Waals surface area contributed by atoms with Crippen LogP contribution in [0, 0.1) is 10.1 Å². The van der Waals surface area contributed by atoms with Crippen molar-refractivity contribution < 1.29 is 9.66 Å². The van der Waals surface area contributed by atoms with Crippen molar-refractivity contribution in [3.05, 3.63) is 28.3 Å². The summed E-state index contributed by atoms with van der Waals surface area (Å²) in [6.45, 7) is 2.02. The van der Waals surface area contributed by atoms with Crippen LogP contribution in [-0.4, -0.2) is 30.1 Å². The first-order chi connectivity index (χ1) is 8.58. The first kappa shape index (κ1) is 14.6. The highest BCUT2D eigenvalue weighted by Gasteiger charge is 2.16. The highest BCUT2D eigenvalue weighted by molar-refractivity contribution is 7.98. The maximum atomic E-state index is 11.0.